The van der Waals surface area contributed by atoms with Crippen molar-refractivity contribution in [3.8, 4) is 0 Å². The van der Waals surface area contributed by atoms with E-state index >= 15 is 0 Å². The minimum atomic E-state index is -2.69. The van der Waals surface area contributed by atoms with Crippen molar-refractivity contribution in [2.75, 3.05) is 0 Å². The highest BCUT2D eigenvalue weighted by atomic mass is 35.5. The van der Waals surface area contributed by atoms with Crippen LogP contribution in [0.15, 0.2) is 12.3 Å². The largest absolute Gasteiger partial charge is 0.274 e. The number of halogens is 4. The highest BCUT2D eigenvalue weighted by molar-refractivity contribution is 6.67. The Morgan fingerprint density at radius 3 is 2.64 bits per heavy atom. The Hall–Kier alpha value is -0.740. The first-order valence-electron chi connectivity index (χ1n) is 3.59. The summed E-state index contributed by atoms with van der Waals surface area (Å²) in [5, 5.41) is -0.868. The summed E-state index contributed by atoms with van der Waals surface area (Å²) in [4.78, 5) is 14.2. The van der Waals surface area contributed by atoms with Crippen LogP contribution in [0.5, 0.6) is 0 Å². The third-order valence-corrected chi connectivity index (χ3v) is 2.08. The molecule has 0 atom stereocenters. The molecule has 2 nitrogen and oxygen atoms in total. The highest BCUT2D eigenvalue weighted by Crippen LogP contribution is 2.24. The molecule has 0 aliphatic heterocycles. The molecule has 0 aliphatic rings. The van der Waals surface area contributed by atoms with E-state index < -0.39 is 11.7 Å². The molecular formula is C8H5Cl2F2NO. The molecule has 0 unspecified atom stereocenters. The predicted octanol–water partition coefficient (Wildman–Crippen LogP) is 3.14. The Morgan fingerprint density at radius 2 is 2.21 bits per heavy atom. The van der Waals surface area contributed by atoms with E-state index in [2.05, 4.69) is 4.98 Å². The van der Waals surface area contributed by atoms with Gasteiger partial charge in [0.15, 0.2) is 0 Å². The maximum absolute atomic E-state index is 12.4. The average molecular weight is 240 g/mol. The van der Waals surface area contributed by atoms with Crippen LogP contribution in [0, 0.1) is 0 Å². The number of alkyl halides is 3. The van der Waals surface area contributed by atoms with Gasteiger partial charge in [-0.2, -0.15) is 0 Å². The van der Waals surface area contributed by atoms with Crippen molar-refractivity contribution in [1.29, 1.82) is 0 Å². The van der Waals surface area contributed by atoms with Crippen molar-refractivity contribution in [3.05, 3.63) is 29.1 Å². The summed E-state index contributed by atoms with van der Waals surface area (Å²) in [6.07, 6.45) is -1.56. The number of carbonyl (C=O) groups is 1. The van der Waals surface area contributed by atoms with Gasteiger partial charge in [0.25, 0.3) is 11.7 Å². The van der Waals surface area contributed by atoms with Crippen LogP contribution in [0.1, 0.15) is 28.0 Å². The Morgan fingerprint density at radius 1 is 1.57 bits per heavy atom. The number of aromatic nitrogens is 1. The molecule has 1 rings (SSSR count). The van der Waals surface area contributed by atoms with Crippen LogP contribution >= 0.6 is 23.2 Å². The molecule has 0 N–H and O–H groups in total. The standard InChI is InChI=1S/C8H5Cl2F2NO/c9-2-4-3-13-6(7(10)14)1-5(4)8(11)12/h1,3,8H,2H2. The molecule has 1 aromatic rings. The van der Waals surface area contributed by atoms with Gasteiger partial charge < -0.3 is 0 Å². The Balaban J connectivity index is 3.20. The Labute approximate surface area is 88.8 Å². The van der Waals surface area contributed by atoms with Crippen LogP contribution in [0.4, 0.5) is 8.78 Å². The second-order valence-corrected chi connectivity index (χ2v) is 3.09. The normalized spacial score (nSPS) is 10.6. The van der Waals surface area contributed by atoms with Crippen molar-refractivity contribution >= 4 is 28.4 Å². The molecule has 1 heterocycles. The van der Waals surface area contributed by atoms with Crippen LogP contribution in [0.3, 0.4) is 0 Å². The summed E-state index contributed by atoms with van der Waals surface area (Å²) in [5.41, 5.74) is -0.307. The lowest BCUT2D eigenvalue weighted by Crippen LogP contribution is -2.00. The van der Waals surface area contributed by atoms with Gasteiger partial charge in [-0.3, -0.25) is 9.78 Å². The molecule has 0 saturated carbocycles. The topological polar surface area (TPSA) is 30.0 Å². The molecule has 0 aliphatic carbocycles. The maximum Gasteiger partial charge on any atom is 0.270 e. The molecule has 0 amide bonds. The van der Waals surface area contributed by atoms with Gasteiger partial charge in [0, 0.05) is 17.6 Å². The van der Waals surface area contributed by atoms with Gasteiger partial charge in [0.1, 0.15) is 5.69 Å². The highest BCUT2D eigenvalue weighted by Gasteiger charge is 2.15. The number of rotatable bonds is 3. The molecule has 0 aromatic carbocycles. The van der Waals surface area contributed by atoms with Gasteiger partial charge in [-0.1, -0.05) is 0 Å². The minimum absolute atomic E-state index is 0.0799. The van der Waals surface area contributed by atoms with Crippen molar-refractivity contribution in [2.45, 2.75) is 12.3 Å². The Kier molecular flexibility index (Phi) is 3.77. The molecule has 76 valence electrons. The first-order chi connectivity index (χ1) is 6.56. The lowest BCUT2D eigenvalue weighted by molar-refractivity contribution is 0.107. The fourth-order valence-electron chi connectivity index (χ4n) is 0.922. The smallest absolute Gasteiger partial charge is 0.270 e. The monoisotopic (exact) mass is 239 g/mol. The molecule has 0 radical (unpaired) electrons. The summed E-state index contributed by atoms with van der Waals surface area (Å²) in [5.74, 6) is -0.0799. The van der Waals surface area contributed by atoms with E-state index in [0.717, 1.165) is 12.3 Å². The first kappa shape index (κ1) is 11.3. The number of hydrogen-bond acceptors (Lipinski definition) is 2. The van der Waals surface area contributed by atoms with E-state index in [1.807, 2.05) is 0 Å². The summed E-state index contributed by atoms with van der Waals surface area (Å²) >= 11 is 10.5. The van der Waals surface area contributed by atoms with E-state index in [1.165, 1.54) is 0 Å². The summed E-state index contributed by atoms with van der Waals surface area (Å²) in [6.45, 7) is 0. The van der Waals surface area contributed by atoms with Crippen LogP contribution in [0.2, 0.25) is 0 Å². The number of hydrogen-bond donors (Lipinski definition) is 0. The number of nitrogens with zero attached hydrogens (tertiary/aromatic N) is 1. The van der Waals surface area contributed by atoms with Crippen molar-refractivity contribution in [1.82, 2.24) is 4.98 Å². The lowest BCUT2D eigenvalue weighted by Gasteiger charge is -2.05. The first-order valence-corrected chi connectivity index (χ1v) is 4.50. The van der Waals surface area contributed by atoms with E-state index in [1.54, 1.807) is 0 Å². The SMILES string of the molecule is O=C(Cl)c1cc(C(F)F)c(CCl)cn1. The zero-order chi connectivity index (χ0) is 10.7. The lowest BCUT2D eigenvalue weighted by atomic mass is 10.1. The van der Waals surface area contributed by atoms with Crippen LogP contribution in [-0.4, -0.2) is 10.2 Å². The molecule has 14 heavy (non-hydrogen) atoms. The van der Waals surface area contributed by atoms with Gasteiger partial charge >= 0.3 is 0 Å². The van der Waals surface area contributed by atoms with Crippen LogP contribution in [-0.2, 0) is 5.88 Å². The van der Waals surface area contributed by atoms with Gasteiger partial charge in [-0.15, -0.1) is 11.6 Å². The minimum Gasteiger partial charge on any atom is -0.274 e. The molecule has 0 fully saturated rings. The van der Waals surface area contributed by atoms with Crippen LogP contribution < -0.4 is 0 Å². The van der Waals surface area contributed by atoms with E-state index in [9.17, 15) is 13.6 Å². The van der Waals surface area contributed by atoms with Crippen molar-refractivity contribution < 1.29 is 13.6 Å². The quantitative estimate of drug-likeness (QED) is 0.600. The average Bonchev–Trinajstić information content (AvgIpc) is 2.16. The van der Waals surface area contributed by atoms with Gasteiger partial charge in [-0.25, -0.2) is 8.78 Å². The molecule has 0 spiro atoms. The van der Waals surface area contributed by atoms with Gasteiger partial charge in [-0.05, 0) is 23.2 Å². The molecule has 6 heteroatoms. The maximum atomic E-state index is 12.4. The third kappa shape index (κ3) is 2.39. The van der Waals surface area contributed by atoms with Crippen LogP contribution in [0.25, 0.3) is 0 Å². The van der Waals surface area contributed by atoms with Gasteiger partial charge in [0.2, 0.25) is 0 Å². The van der Waals surface area contributed by atoms with Crippen molar-refractivity contribution in [2.24, 2.45) is 0 Å². The molecular weight excluding hydrogens is 235 g/mol. The van der Waals surface area contributed by atoms with E-state index in [-0.39, 0.29) is 22.7 Å². The zero-order valence-electron chi connectivity index (χ0n) is 6.81. The summed E-state index contributed by atoms with van der Waals surface area (Å²) in [6, 6.07) is 0.956. The van der Waals surface area contributed by atoms with Crippen molar-refractivity contribution in [3.63, 3.8) is 0 Å². The number of carbonyl (C=O) groups excluding carboxylic acids is 1. The Bertz CT molecular complexity index is 357. The number of pyridine rings is 1. The molecule has 0 bridgehead atoms. The fraction of sp³-hybridized carbons (Fsp3) is 0.250. The molecule has 0 saturated heterocycles. The summed E-state index contributed by atoms with van der Waals surface area (Å²) in [7, 11) is 0. The van der Waals surface area contributed by atoms with E-state index in [4.69, 9.17) is 23.2 Å². The third-order valence-electron chi connectivity index (χ3n) is 1.60. The zero-order valence-corrected chi connectivity index (χ0v) is 8.32. The predicted molar refractivity (Wildman–Crippen MR) is 48.9 cm³/mol. The van der Waals surface area contributed by atoms with Gasteiger partial charge in [0.05, 0.1) is 0 Å². The fourth-order valence-corrected chi connectivity index (χ4v) is 1.25. The molecule has 1 aromatic heterocycles. The second kappa shape index (κ2) is 4.66. The van der Waals surface area contributed by atoms with E-state index in [0.29, 0.717) is 0 Å². The second-order valence-electron chi connectivity index (χ2n) is 2.48. The summed E-state index contributed by atoms with van der Waals surface area (Å²) < 4.78 is 24.8.